The van der Waals surface area contributed by atoms with Crippen molar-refractivity contribution in [2.24, 2.45) is 11.7 Å². The van der Waals surface area contributed by atoms with Crippen LogP contribution in [0.1, 0.15) is 29.9 Å². The first kappa shape index (κ1) is 17.1. The molecule has 2 atom stereocenters. The number of carbonyl (C=O) groups excluding carboxylic acids is 2. The maximum atomic E-state index is 13.9. The minimum absolute atomic E-state index is 0.0432. The van der Waals surface area contributed by atoms with Gasteiger partial charge in [-0.2, -0.15) is 0 Å². The molecule has 2 N–H and O–H groups in total. The number of hydrogen-bond acceptors (Lipinski definition) is 2. The lowest BCUT2D eigenvalue weighted by molar-refractivity contribution is -0.133. The summed E-state index contributed by atoms with van der Waals surface area (Å²) in [5.41, 5.74) is 6.82. The Hall–Kier alpha value is -2.69. The van der Waals surface area contributed by atoms with Gasteiger partial charge in [0.05, 0.1) is 0 Å². The molecule has 2 amide bonds. The number of carbonyl (C=O) groups is 2. The normalized spacial score (nSPS) is 18.6. The molecule has 0 aliphatic heterocycles. The van der Waals surface area contributed by atoms with Gasteiger partial charge >= 0.3 is 0 Å². The van der Waals surface area contributed by atoms with E-state index in [0.29, 0.717) is 18.5 Å². The molecule has 0 bridgehead atoms. The Balaban J connectivity index is 1.71. The first-order chi connectivity index (χ1) is 12.1. The van der Waals surface area contributed by atoms with Gasteiger partial charge in [0, 0.05) is 25.4 Å². The Morgan fingerprint density at radius 2 is 1.76 bits per heavy atom. The third-order valence-corrected chi connectivity index (χ3v) is 4.57. The van der Waals surface area contributed by atoms with Gasteiger partial charge in [0.15, 0.2) is 0 Å². The average molecular weight is 340 g/mol. The van der Waals surface area contributed by atoms with Gasteiger partial charge in [0.2, 0.25) is 11.8 Å². The van der Waals surface area contributed by atoms with Crippen molar-refractivity contribution in [1.82, 2.24) is 4.90 Å². The Kier molecular flexibility index (Phi) is 5.12. The van der Waals surface area contributed by atoms with E-state index >= 15 is 0 Å². The maximum absolute atomic E-state index is 13.9. The number of halogens is 1. The minimum Gasteiger partial charge on any atom is -0.370 e. The summed E-state index contributed by atoms with van der Waals surface area (Å²) in [7, 11) is 0. The molecule has 25 heavy (non-hydrogen) atoms. The molecule has 1 saturated carbocycles. The molecule has 3 rings (SSSR count). The molecule has 1 aliphatic rings. The second-order valence-electron chi connectivity index (χ2n) is 6.43. The monoisotopic (exact) mass is 340 g/mol. The van der Waals surface area contributed by atoms with Crippen molar-refractivity contribution < 1.29 is 14.0 Å². The lowest BCUT2D eigenvalue weighted by Gasteiger charge is -2.22. The molecule has 4 nitrogen and oxygen atoms in total. The van der Waals surface area contributed by atoms with Crippen molar-refractivity contribution >= 4 is 11.8 Å². The van der Waals surface area contributed by atoms with Gasteiger partial charge in [0.25, 0.3) is 0 Å². The molecule has 2 aromatic carbocycles. The third kappa shape index (κ3) is 4.24. The third-order valence-electron chi connectivity index (χ3n) is 4.57. The van der Waals surface area contributed by atoms with Gasteiger partial charge in [0.1, 0.15) is 5.82 Å². The van der Waals surface area contributed by atoms with Crippen molar-refractivity contribution in [3.63, 3.8) is 0 Å². The highest BCUT2D eigenvalue weighted by atomic mass is 19.1. The second kappa shape index (κ2) is 7.47. The molecule has 1 aliphatic carbocycles. The molecule has 0 heterocycles. The highest BCUT2D eigenvalue weighted by Gasteiger charge is 2.46. The van der Waals surface area contributed by atoms with Crippen LogP contribution in [0.2, 0.25) is 0 Å². The van der Waals surface area contributed by atoms with Crippen LogP contribution in [-0.4, -0.2) is 23.3 Å². The summed E-state index contributed by atoms with van der Waals surface area (Å²) in [6.07, 6.45) is 0.761. The van der Waals surface area contributed by atoms with Crippen molar-refractivity contribution in [3.05, 3.63) is 71.5 Å². The van der Waals surface area contributed by atoms with Crippen LogP contribution in [0.15, 0.2) is 54.6 Å². The van der Waals surface area contributed by atoms with Crippen LogP contribution in [0.3, 0.4) is 0 Å². The summed E-state index contributed by atoms with van der Waals surface area (Å²) in [5, 5.41) is 0. The Bertz CT molecular complexity index is 763. The Morgan fingerprint density at radius 3 is 2.44 bits per heavy atom. The van der Waals surface area contributed by atoms with Gasteiger partial charge < -0.3 is 10.6 Å². The molecule has 0 saturated heterocycles. The summed E-state index contributed by atoms with van der Waals surface area (Å²) < 4.78 is 13.9. The second-order valence-corrected chi connectivity index (χ2v) is 6.43. The van der Waals surface area contributed by atoms with Gasteiger partial charge in [-0.3, -0.25) is 9.59 Å². The van der Waals surface area contributed by atoms with E-state index in [-0.39, 0.29) is 36.5 Å². The zero-order valence-electron chi connectivity index (χ0n) is 13.9. The zero-order chi connectivity index (χ0) is 17.8. The predicted molar refractivity (Wildman–Crippen MR) is 92.9 cm³/mol. The number of benzene rings is 2. The largest absolute Gasteiger partial charge is 0.370 e. The van der Waals surface area contributed by atoms with Gasteiger partial charge in [-0.1, -0.05) is 48.5 Å². The summed E-state index contributed by atoms with van der Waals surface area (Å²) in [5.74, 6) is -1.06. The topological polar surface area (TPSA) is 63.4 Å². The zero-order valence-corrected chi connectivity index (χ0v) is 13.9. The van der Waals surface area contributed by atoms with Gasteiger partial charge in [-0.05, 0) is 29.5 Å². The molecular weight excluding hydrogens is 319 g/mol. The van der Waals surface area contributed by atoms with Crippen LogP contribution in [0.5, 0.6) is 0 Å². The first-order valence-corrected chi connectivity index (χ1v) is 8.41. The number of nitrogens with zero attached hydrogens (tertiary/aromatic N) is 1. The smallest absolute Gasteiger partial charge is 0.226 e. The lowest BCUT2D eigenvalue weighted by atomic mass is 10.1. The molecule has 2 unspecified atom stereocenters. The summed E-state index contributed by atoms with van der Waals surface area (Å²) >= 11 is 0. The van der Waals surface area contributed by atoms with Crippen LogP contribution in [-0.2, 0) is 16.1 Å². The van der Waals surface area contributed by atoms with E-state index in [1.54, 1.807) is 23.1 Å². The number of nitrogens with two attached hydrogens (primary N) is 1. The molecule has 5 heteroatoms. The average Bonchev–Trinajstić information content (AvgIpc) is 3.39. The predicted octanol–water partition coefficient (Wildman–Crippen LogP) is 2.83. The molecule has 1 fully saturated rings. The quantitative estimate of drug-likeness (QED) is 0.842. The first-order valence-electron chi connectivity index (χ1n) is 8.41. The van der Waals surface area contributed by atoms with E-state index in [1.165, 1.54) is 6.07 Å². The van der Waals surface area contributed by atoms with Crippen LogP contribution < -0.4 is 5.73 Å². The number of amides is 2. The van der Waals surface area contributed by atoms with Crippen molar-refractivity contribution in [2.75, 3.05) is 6.54 Å². The van der Waals surface area contributed by atoms with E-state index in [4.69, 9.17) is 5.73 Å². The number of hydrogen-bond donors (Lipinski definition) is 1. The number of primary amides is 1. The SMILES string of the molecule is NC(=O)CCN(Cc1ccccc1)C(=O)C1CC1c1ccccc1F. The minimum atomic E-state index is -0.438. The highest BCUT2D eigenvalue weighted by Crippen LogP contribution is 2.49. The fraction of sp³-hybridized carbons (Fsp3) is 0.300. The Morgan fingerprint density at radius 1 is 1.08 bits per heavy atom. The van der Waals surface area contributed by atoms with E-state index in [9.17, 15) is 14.0 Å². The molecule has 0 radical (unpaired) electrons. The van der Waals surface area contributed by atoms with Crippen LogP contribution in [0.25, 0.3) is 0 Å². The standard InChI is InChI=1S/C20H21FN2O2/c21-18-9-5-4-8-15(18)16-12-17(16)20(25)23(11-10-19(22)24)13-14-6-2-1-3-7-14/h1-9,16-17H,10-13H2,(H2,22,24). The fourth-order valence-electron chi connectivity index (χ4n) is 3.14. The van der Waals surface area contributed by atoms with Crippen molar-refractivity contribution in [1.29, 1.82) is 0 Å². The van der Waals surface area contributed by atoms with Crippen LogP contribution >= 0.6 is 0 Å². The molecule has 0 spiro atoms. The van der Waals surface area contributed by atoms with Crippen molar-refractivity contribution in [2.45, 2.75) is 25.3 Å². The lowest BCUT2D eigenvalue weighted by Crippen LogP contribution is -2.35. The molecular formula is C20H21FN2O2. The molecule has 2 aromatic rings. The van der Waals surface area contributed by atoms with E-state index < -0.39 is 5.91 Å². The Labute approximate surface area is 146 Å². The van der Waals surface area contributed by atoms with Crippen molar-refractivity contribution in [3.8, 4) is 0 Å². The maximum Gasteiger partial charge on any atom is 0.226 e. The summed E-state index contributed by atoms with van der Waals surface area (Å²) in [4.78, 5) is 25.7. The summed E-state index contributed by atoms with van der Waals surface area (Å²) in [6, 6.07) is 16.2. The van der Waals surface area contributed by atoms with E-state index in [2.05, 4.69) is 0 Å². The molecule has 130 valence electrons. The number of rotatable bonds is 7. The van der Waals surface area contributed by atoms with Crippen LogP contribution in [0, 0.1) is 11.7 Å². The molecule has 0 aromatic heterocycles. The fourth-order valence-corrected chi connectivity index (χ4v) is 3.14. The highest BCUT2D eigenvalue weighted by molar-refractivity contribution is 5.83. The van der Waals surface area contributed by atoms with E-state index in [1.807, 2.05) is 30.3 Å². The van der Waals surface area contributed by atoms with Crippen LogP contribution in [0.4, 0.5) is 4.39 Å². The van der Waals surface area contributed by atoms with Gasteiger partial charge in [-0.15, -0.1) is 0 Å². The summed E-state index contributed by atoms with van der Waals surface area (Å²) in [6.45, 7) is 0.705. The van der Waals surface area contributed by atoms with E-state index in [0.717, 1.165) is 5.56 Å². The van der Waals surface area contributed by atoms with Gasteiger partial charge in [-0.25, -0.2) is 4.39 Å².